The molecule has 0 spiro atoms. The van der Waals surface area contributed by atoms with Gasteiger partial charge < -0.3 is 15.0 Å². The molecular formula is C16H20N4O2. The molecule has 6 nitrogen and oxygen atoms in total. The summed E-state index contributed by atoms with van der Waals surface area (Å²) in [6, 6.07) is 9.66. The van der Waals surface area contributed by atoms with Crippen LogP contribution in [0.5, 0.6) is 5.75 Å². The smallest absolute Gasteiger partial charge is 0.244 e. The van der Waals surface area contributed by atoms with Gasteiger partial charge in [-0.05, 0) is 12.1 Å². The Kier molecular flexibility index (Phi) is 4.39. The molecule has 0 saturated carbocycles. The molecule has 22 heavy (non-hydrogen) atoms. The van der Waals surface area contributed by atoms with E-state index in [9.17, 15) is 4.79 Å². The van der Waals surface area contributed by atoms with Crippen molar-refractivity contribution in [1.82, 2.24) is 20.0 Å². The number of ether oxygens (including phenoxy) is 1. The van der Waals surface area contributed by atoms with Gasteiger partial charge in [0.1, 0.15) is 12.3 Å². The number of nitrogens with zero attached hydrogens (tertiary/aromatic N) is 3. The number of carbonyl (C=O) groups excluding carboxylic acids is 1. The van der Waals surface area contributed by atoms with Gasteiger partial charge in [0.25, 0.3) is 0 Å². The number of carbonyl (C=O) groups is 1. The van der Waals surface area contributed by atoms with E-state index in [0.29, 0.717) is 6.54 Å². The summed E-state index contributed by atoms with van der Waals surface area (Å²) in [6.45, 7) is 2.48. The van der Waals surface area contributed by atoms with Gasteiger partial charge in [0.2, 0.25) is 5.91 Å². The molecule has 1 aliphatic rings. The van der Waals surface area contributed by atoms with Crippen LogP contribution in [-0.2, 0) is 11.3 Å². The first-order chi connectivity index (χ1) is 10.8. The molecule has 1 N–H and O–H groups in total. The van der Waals surface area contributed by atoms with Crippen molar-refractivity contribution in [2.75, 3.05) is 26.7 Å². The van der Waals surface area contributed by atoms with Crippen molar-refractivity contribution in [2.45, 2.75) is 12.6 Å². The fourth-order valence-electron chi connectivity index (χ4n) is 2.85. The summed E-state index contributed by atoms with van der Waals surface area (Å²) in [5.74, 6) is 0.884. The molecular weight excluding hydrogens is 280 g/mol. The summed E-state index contributed by atoms with van der Waals surface area (Å²) in [6.07, 6.45) is 3.49. The van der Waals surface area contributed by atoms with Crippen molar-refractivity contribution >= 4 is 5.91 Å². The van der Waals surface area contributed by atoms with Gasteiger partial charge in [-0.15, -0.1) is 0 Å². The molecule has 1 atom stereocenters. The van der Waals surface area contributed by atoms with E-state index < -0.39 is 0 Å². The lowest BCUT2D eigenvalue weighted by Gasteiger charge is -2.37. The first kappa shape index (κ1) is 14.6. The molecule has 1 aromatic heterocycles. The average molecular weight is 300 g/mol. The first-order valence-corrected chi connectivity index (χ1v) is 7.40. The second kappa shape index (κ2) is 6.62. The average Bonchev–Trinajstić information content (AvgIpc) is 3.07. The van der Waals surface area contributed by atoms with Gasteiger partial charge in [-0.3, -0.25) is 9.48 Å². The molecule has 1 aliphatic heterocycles. The Morgan fingerprint density at radius 3 is 3.05 bits per heavy atom. The fraction of sp³-hybridized carbons (Fsp3) is 0.375. The van der Waals surface area contributed by atoms with Crippen molar-refractivity contribution in [1.29, 1.82) is 0 Å². The second-order valence-electron chi connectivity index (χ2n) is 5.25. The lowest BCUT2D eigenvalue weighted by atomic mass is 10.0. The van der Waals surface area contributed by atoms with Crippen LogP contribution in [0.2, 0.25) is 0 Å². The maximum absolute atomic E-state index is 12.6. The van der Waals surface area contributed by atoms with Crippen LogP contribution in [0, 0.1) is 0 Å². The standard InChI is InChI=1S/C16H20N4O2/c1-22-15-6-3-2-5-13(15)14-11-17-8-10-20(14)16(21)12-19-9-4-7-18-19/h2-7,9,14,17H,8,10-12H2,1H3/t14-/m1/s1. The number of para-hydroxylation sites is 1. The van der Waals surface area contributed by atoms with Crippen molar-refractivity contribution in [3.63, 3.8) is 0 Å². The Balaban J connectivity index is 1.83. The van der Waals surface area contributed by atoms with Crippen LogP contribution in [0.15, 0.2) is 42.7 Å². The number of rotatable bonds is 4. The highest BCUT2D eigenvalue weighted by Crippen LogP contribution is 2.30. The van der Waals surface area contributed by atoms with Crippen molar-refractivity contribution in [3.8, 4) is 5.75 Å². The van der Waals surface area contributed by atoms with E-state index in [4.69, 9.17) is 4.74 Å². The molecule has 2 heterocycles. The summed E-state index contributed by atoms with van der Waals surface area (Å²) in [5.41, 5.74) is 1.03. The third-order valence-electron chi connectivity index (χ3n) is 3.92. The van der Waals surface area contributed by atoms with Crippen molar-refractivity contribution in [2.24, 2.45) is 0 Å². The van der Waals surface area contributed by atoms with E-state index >= 15 is 0 Å². The van der Waals surface area contributed by atoms with E-state index in [1.54, 1.807) is 24.2 Å². The zero-order chi connectivity index (χ0) is 15.4. The van der Waals surface area contributed by atoms with Gasteiger partial charge in [-0.1, -0.05) is 18.2 Å². The minimum atomic E-state index is -0.0204. The molecule has 0 bridgehead atoms. The minimum absolute atomic E-state index is 0.0204. The van der Waals surface area contributed by atoms with Crippen LogP contribution >= 0.6 is 0 Å². The number of nitrogens with one attached hydrogen (secondary N) is 1. The summed E-state index contributed by atoms with van der Waals surface area (Å²) in [4.78, 5) is 14.6. The van der Waals surface area contributed by atoms with Crippen LogP contribution in [0.1, 0.15) is 11.6 Å². The predicted octanol–water partition coefficient (Wildman–Crippen LogP) is 1.06. The van der Waals surface area contributed by atoms with Gasteiger partial charge in [0.15, 0.2) is 0 Å². The van der Waals surface area contributed by atoms with Gasteiger partial charge in [0, 0.05) is 37.6 Å². The molecule has 2 aromatic rings. The first-order valence-electron chi connectivity index (χ1n) is 7.40. The van der Waals surface area contributed by atoms with Gasteiger partial charge in [-0.2, -0.15) is 5.10 Å². The number of hydrogen-bond donors (Lipinski definition) is 1. The van der Waals surface area contributed by atoms with Gasteiger partial charge in [0.05, 0.1) is 13.2 Å². The SMILES string of the molecule is COc1ccccc1[C@H]1CNCCN1C(=O)Cn1cccn1. The number of aromatic nitrogens is 2. The summed E-state index contributed by atoms with van der Waals surface area (Å²) < 4.78 is 7.11. The number of hydrogen-bond acceptors (Lipinski definition) is 4. The molecule has 6 heteroatoms. The topological polar surface area (TPSA) is 59.4 Å². The lowest BCUT2D eigenvalue weighted by molar-refractivity contribution is -0.135. The summed E-state index contributed by atoms with van der Waals surface area (Å²) in [5, 5.41) is 7.47. The minimum Gasteiger partial charge on any atom is -0.496 e. The normalized spacial score (nSPS) is 18.2. The molecule has 1 saturated heterocycles. The fourth-order valence-corrected chi connectivity index (χ4v) is 2.85. The highest BCUT2D eigenvalue weighted by molar-refractivity contribution is 5.76. The Morgan fingerprint density at radius 2 is 2.27 bits per heavy atom. The van der Waals surface area contributed by atoms with E-state index in [1.165, 1.54) is 0 Å². The molecule has 3 rings (SSSR count). The summed E-state index contributed by atoms with van der Waals surface area (Å²) in [7, 11) is 1.66. The number of methoxy groups -OCH3 is 1. The quantitative estimate of drug-likeness (QED) is 0.917. The third-order valence-corrected chi connectivity index (χ3v) is 3.92. The molecule has 0 radical (unpaired) electrons. The zero-order valence-electron chi connectivity index (χ0n) is 12.6. The Labute approximate surface area is 129 Å². The number of benzene rings is 1. The molecule has 116 valence electrons. The van der Waals surface area contributed by atoms with E-state index in [1.807, 2.05) is 35.2 Å². The van der Waals surface area contributed by atoms with Crippen LogP contribution in [0.25, 0.3) is 0 Å². The lowest BCUT2D eigenvalue weighted by Crippen LogP contribution is -2.49. The van der Waals surface area contributed by atoms with Crippen molar-refractivity contribution < 1.29 is 9.53 Å². The highest BCUT2D eigenvalue weighted by atomic mass is 16.5. The van der Waals surface area contributed by atoms with E-state index in [-0.39, 0.29) is 18.5 Å². The molecule has 0 aliphatic carbocycles. The largest absolute Gasteiger partial charge is 0.496 e. The molecule has 0 unspecified atom stereocenters. The second-order valence-corrected chi connectivity index (χ2v) is 5.25. The van der Waals surface area contributed by atoms with E-state index in [0.717, 1.165) is 24.4 Å². The Hall–Kier alpha value is -2.34. The predicted molar refractivity (Wildman–Crippen MR) is 82.5 cm³/mol. The molecule has 1 amide bonds. The third kappa shape index (κ3) is 2.96. The van der Waals surface area contributed by atoms with Gasteiger partial charge >= 0.3 is 0 Å². The van der Waals surface area contributed by atoms with Crippen LogP contribution in [-0.4, -0.2) is 47.3 Å². The monoisotopic (exact) mass is 300 g/mol. The maximum Gasteiger partial charge on any atom is 0.244 e. The van der Waals surface area contributed by atoms with Crippen LogP contribution in [0.4, 0.5) is 0 Å². The molecule has 1 fully saturated rings. The number of piperazine rings is 1. The molecule has 1 aromatic carbocycles. The van der Waals surface area contributed by atoms with E-state index in [2.05, 4.69) is 10.4 Å². The van der Waals surface area contributed by atoms with Crippen molar-refractivity contribution in [3.05, 3.63) is 48.3 Å². The maximum atomic E-state index is 12.6. The Bertz CT molecular complexity index is 627. The Morgan fingerprint density at radius 1 is 1.41 bits per heavy atom. The highest BCUT2D eigenvalue weighted by Gasteiger charge is 2.29. The van der Waals surface area contributed by atoms with Crippen LogP contribution in [0.3, 0.4) is 0 Å². The van der Waals surface area contributed by atoms with Gasteiger partial charge in [-0.25, -0.2) is 0 Å². The summed E-state index contributed by atoms with van der Waals surface area (Å²) >= 11 is 0. The zero-order valence-corrected chi connectivity index (χ0v) is 12.6. The van der Waals surface area contributed by atoms with Crippen LogP contribution < -0.4 is 10.1 Å². The number of amides is 1.